The zero-order valence-corrected chi connectivity index (χ0v) is 12.4. The molecule has 1 amide bonds. The lowest BCUT2D eigenvalue weighted by molar-refractivity contribution is -0.141. The van der Waals surface area contributed by atoms with Crippen molar-refractivity contribution in [3.05, 3.63) is 29.1 Å². The van der Waals surface area contributed by atoms with Crippen LogP contribution in [0.4, 0.5) is 13.2 Å². The fourth-order valence-electron chi connectivity index (χ4n) is 1.90. The van der Waals surface area contributed by atoms with Crippen LogP contribution in [0.15, 0.2) is 12.1 Å². The molecule has 22 heavy (non-hydrogen) atoms. The molecule has 0 saturated carbocycles. The quantitative estimate of drug-likeness (QED) is 0.769. The van der Waals surface area contributed by atoms with Crippen LogP contribution < -0.4 is 0 Å². The topological polar surface area (TPSA) is 76.6 Å². The van der Waals surface area contributed by atoms with E-state index in [9.17, 15) is 26.4 Å². The molecule has 1 aromatic heterocycles. The van der Waals surface area contributed by atoms with Gasteiger partial charge in [0.1, 0.15) is 5.69 Å². The first kappa shape index (κ1) is 16.7. The van der Waals surface area contributed by atoms with Gasteiger partial charge in [-0.1, -0.05) is 0 Å². The lowest BCUT2D eigenvalue weighted by Gasteiger charge is -2.19. The third-order valence-electron chi connectivity index (χ3n) is 3.08. The van der Waals surface area contributed by atoms with Gasteiger partial charge in [-0.3, -0.25) is 9.63 Å². The molecule has 2 rings (SSSR count). The Morgan fingerprint density at radius 3 is 2.59 bits per heavy atom. The zero-order chi connectivity index (χ0) is 16.5. The number of halogens is 3. The molecule has 10 heteroatoms. The van der Waals surface area contributed by atoms with Gasteiger partial charge in [0.05, 0.1) is 35.9 Å². The summed E-state index contributed by atoms with van der Waals surface area (Å²) in [5.74, 6) is -1.18. The van der Waals surface area contributed by atoms with Crippen molar-refractivity contribution in [3.8, 4) is 0 Å². The number of pyridine rings is 1. The number of rotatable bonds is 1. The molecule has 0 atom stereocenters. The van der Waals surface area contributed by atoms with Crippen molar-refractivity contribution in [3.63, 3.8) is 0 Å². The second-order valence-corrected chi connectivity index (χ2v) is 7.02. The van der Waals surface area contributed by atoms with E-state index in [0.29, 0.717) is 6.07 Å². The molecule has 0 unspecified atom stereocenters. The number of alkyl halides is 3. The fourth-order valence-corrected chi connectivity index (χ4v) is 2.88. The van der Waals surface area contributed by atoms with Crippen LogP contribution in [-0.4, -0.2) is 49.0 Å². The third-order valence-corrected chi connectivity index (χ3v) is 4.67. The highest BCUT2D eigenvalue weighted by molar-refractivity contribution is 7.91. The minimum absolute atomic E-state index is 0.0627. The van der Waals surface area contributed by atoms with E-state index < -0.39 is 27.6 Å². The van der Waals surface area contributed by atoms with E-state index in [-0.39, 0.29) is 35.9 Å². The third kappa shape index (κ3) is 3.74. The first-order valence-electron chi connectivity index (χ1n) is 6.30. The lowest BCUT2D eigenvalue weighted by atomic mass is 10.1. The second kappa shape index (κ2) is 5.84. The van der Waals surface area contributed by atoms with Crippen molar-refractivity contribution >= 4 is 15.7 Å². The Kier molecular flexibility index (Phi) is 4.43. The number of aromatic nitrogens is 1. The first-order valence-corrected chi connectivity index (χ1v) is 8.12. The maximum absolute atomic E-state index is 12.5. The lowest BCUT2D eigenvalue weighted by Crippen LogP contribution is -2.33. The van der Waals surface area contributed by atoms with E-state index in [1.807, 2.05) is 0 Å². The van der Waals surface area contributed by atoms with Crippen molar-refractivity contribution in [1.82, 2.24) is 10.0 Å². The number of hydrogen-bond donors (Lipinski definition) is 0. The van der Waals surface area contributed by atoms with Gasteiger partial charge in [-0.2, -0.15) is 13.2 Å². The van der Waals surface area contributed by atoms with Gasteiger partial charge in [-0.05, 0) is 19.1 Å². The summed E-state index contributed by atoms with van der Waals surface area (Å²) in [6.07, 6.45) is -4.60. The summed E-state index contributed by atoms with van der Waals surface area (Å²) >= 11 is 0. The molecule has 0 spiro atoms. The molecule has 2 heterocycles. The number of aryl methyl sites for hydroxylation is 1. The molecule has 1 aliphatic rings. The van der Waals surface area contributed by atoms with E-state index in [0.717, 1.165) is 11.1 Å². The largest absolute Gasteiger partial charge is 0.433 e. The molecule has 122 valence electrons. The molecule has 1 fully saturated rings. The number of hydrogen-bond acceptors (Lipinski definition) is 5. The molecule has 0 aromatic carbocycles. The maximum Gasteiger partial charge on any atom is 0.433 e. The van der Waals surface area contributed by atoms with Crippen LogP contribution >= 0.6 is 0 Å². The molecule has 6 nitrogen and oxygen atoms in total. The molecule has 1 aliphatic heterocycles. The molecular weight excluding hydrogens is 325 g/mol. The summed E-state index contributed by atoms with van der Waals surface area (Å²) in [5, 5.41) is 0.849. The number of hydroxylamine groups is 2. The van der Waals surface area contributed by atoms with Crippen molar-refractivity contribution in [2.45, 2.75) is 13.1 Å². The predicted molar refractivity (Wildman–Crippen MR) is 69.6 cm³/mol. The van der Waals surface area contributed by atoms with Crippen LogP contribution in [0.1, 0.15) is 21.7 Å². The minimum atomic E-state index is -4.60. The number of carbonyl (C=O) groups is 1. The summed E-state index contributed by atoms with van der Waals surface area (Å²) < 4.78 is 60.5. The van der Waals surface area contributed by atoms with Crippen molar-refractivity contribution in [1.29, 1.82) is 0 Å². The standard InChI is InChI=1S/C12H13F3N2O4S/c1-8-9(2-3-10(16-8)12(13,14)15)11(18)17-4-6-22(19,20)7-5-21-17/h2-3H,4-7H2,1H3. The summed E-state index contributed by atoms with van der Waals surface area (Å²) in [5.41, 5.74) is -1.26. The van der Waals surface area contributed by atoms with Gasteiger partial charge in [-0.25, -0.2) is 18.5 Å². The summed E-state index contributed by atoms with van der Waals surface area (Å²) in [4.78, 5) is 20.7. The van der Waals surface area contributed by atoms with Crippen LogP contribution in [-0.2, 0) is 20.9 Å². The highest BCUT2D eigenvalue weighted by Gasteiger charge is 2.33. The van der Waals surface area contributed by atoms with Crippen LogP contribution in [0.5, 0.6) is 0 Å². The Balaban J connectivity index is 2.23. The van der Waals surface area contributed by atoms with E-state index in [1.165, 1.54) is 6.92 Å². The summed E-state index contributed by atoms with van der Waals surface area (Å²) in [6, 6.07) is 1.71. The number of carbonyl (C=O) groups excluding carboxylic acids is 1. The number of amides is 1. The van der Waals surface area contributed by atoms with E-state index in [4.69, 9.17) is 4.84 Å². The molecule has 1 aromatic rings. The molecule has 0 N–H and O–H groups in total. The molecular formula is C12H13F3N2O4S. The first-order chi connectivity index (χ1) is 10.1. The van der Waals surface area contributed by atoms with Crippen molar-refractivity contribution in [2.75, 3.05) is 24.7 Å². The second-order valence-electron chi connectivity index (χ2n) is 4.72. The minimum Gasteiger partial charge on any atom is -0.270 e. The monoisotopic (exact) mass is 338 g/mol. The zero-order valence-electron chi connectivity index (χ0n) is 11.6. The van der Waals surface area contributed by atoms with Gasteiger partial charge >= 0.3 is 6.18 Å². The van der Waals surface area contributed by atoms with Gasteiger partial charge in [0.25, 0.3) is 5.91 Å². The Morgan fingerprint density at radius 1 is 1.32 bits per heavy atom. The smallest absolute Gasteiger partial charge is 0.270 e. The predicted octanol–water partition coefficient (Wildman–Crippen LogP) is 1.21. The molecule has 0 aliphatic carbocycles. The normalized spacial score (nSPS) is 18.8. The summed E-state index contributed by atoms with van der Waals surface area (Å²) in [6.45, 7) is 0.917. The van der Waals surface area contributed by atoms with Crippen LogP contribution in [0, 0.1) is 6.92 Å². The highest BCUT2D eigenvalue weighted by Crippen LogP contribution is 2.28. The maximum atomic E-state index is 12.5. The van der Waals surface area contributed by atoms with Crippen LogP contribution in [0.25, 0.3) is 0 Å². The Hall–Kier alpha value is -1.68. The van der Waals surface area contributed by atoms with Crippen molar-refractivity contribution < 1.29 is 31.2 Å². The van der Waals surface area contributed by atoms with Crippen LogP contribution in [0.3, 0.4) is 0 Å². The van der Waals surface area contributed by atoms with E-state index >= 15 is 0 Å². The van der Waals surface area contributed by atoms with Gasteiger partial charge in [0.2, 0.25) is 0 Å². The Morgan fingerprint density at radius 2 is 2.00 bits per heavy atom. The average molecular weight is 338 g/mol. The van der Waals surface area contributed by atoms with Gasteiger partial charge in [-0.15, -0.1) is 0 Å². The Bertz CT molecular complexity index is 688. The SMILES string of the molecule is Cc1nc(C(F)(F)F)ccc1C(=O)N1CCS(=O)(=O)CCO1. The average Bonchev–Trinajstić information content (AvgIpc) is 2.58. The molecule has 0 radical (unpaired) electrons. The highest BCUT2D eigenvalue weighted by atomic mass is 32.2. The van der Waals surface area contributed by atoms with Gasteiger partial charge in [0.15, 0.2) is 9.84 Å². The van der Waals surface area contributed by atoms with Gasteiger partial charge < -0.3 is 0 Å². The number of nitrogens with zero attached hydrogens (tertiary/aromatic N) is 2. The molecule has 1 saturated heterocycles. The van der Waals surface area contributed by atoms with E-state index in [2.05, 4.69) is 4.98 Å². The van der Waals surface area contributed by atoms with Crippen LogP contribution in [0.2, 0.25) is 0 Å². The fraction of sp³-hybridized carbons (Fsp3) is 0.500. The molecule has 0 bridgehead atoms. The van der Waals surface area contributed by atoms with E-state index in [1.54, 1.807) is 0 Å². The summed E-state index contributed by atoms with van der Waals surface area (Å²) in [7, 11) is -3.29. The Labute approximate surface area is 124 Å². The van der Waals surface area contributed by atoms with Crippen molar-refractivity contribution in [2.24, 2.45) is 0 Å². The number of sulfone groups is 1. The van der Waals surface area contributed by atoms with Gasteiger partial charge in [0, 0.05) is 0 Å².